The van der Waals surface area contributed by atoms with Gasteiger partial charge in [0.15, 0.2) is 9.84 Å². The number of anilines is 2. The van der Waals surface area contributed by atoms with Gasteiger partial charge >= 0.3 is 5.97 Å². The van der Waals surface area contributed by atoms with Gasteiger partial charge in [0.1, 0.15) is 17.2 Å². The van der Waals surface area contributed by atoms with Gasteiger partial charge in [-0.05, 0) is 36.4 Å². The largest absolute Gasteiger partial charge is 0.478 e. The molecule has 0 amide bonds. The monoisotopic (exact) mass is 407 g/mol. The Bertz CT molecular complexity index is 1310. The van der Waals surface area contributed by atoms with Crippen LogP contribution >= 0.6 is 0 Å². The summed E-state index contributed by atoms with van der Waals surface area (Å²) < 4.78 is 25.7. The van der Waals surface area contributed by atoms with Crippen LogP contribution in [0.1, 0.15) is 10.4 Å². The summed E-state index contributed by atoms with van der Waals surface area (Å²) in [6.07, 6.45) is 2.68. The highest BCUT2D eigenvalue weighted by Crippen LogP contribution is 2.32. The van der Waals surface area contributed by atoms with Gasteiger partial charge in [0.2, 0.25) is 0 Å². The summed E-state index contributed by atoms with van der Waals surface area (Å²) in [6, 6.07) is 19.0. The van der Waals surface area contributed by atoms with Crippen LogP contribution in [0.5, 0.6) is 0 Å². The number of carboxylic acids is 1. The normalized spacial score (nSPS) is 11.5. The molecule has 4 aromatic rings. The molecular formula is C21H17N3O4S. The number of benzene rings is 2. The van der Waals surface area contributed by atoms with E-state index in [1.807, 2.05) is 30.3 Å². The van der Waals surface area contributed by atoms with E-state index in [1.54, 1.807) is 22.6 Å². The van der Waals surface area contributed by atoms with Crippen molar-refractivity contribution < 1.29 is 18.3 Å². The Morgan fingerprint density at radius 2 is 1.69 bits per heavy atom. The number of aromatic nitrogens is 2. The van der Waals surface area contributed by atoms with Gasteiger partial charge in [-0.3, -0.25) is 4.40 Å². The quantitative estimate of drug-likeness (QED) is 0.521. The van der Waals surface area contributed by atoms with Gasteiger partial charge in [0.05, 0.1) is 10.5 Å². The number of hydrogen-bond acceptors (Lipinski definition) is 5. The number of nitrogens with one attached hydrogen (secondary N) is 1. The molecule has 29 heavy (non-hydrogen) atoms. The average molecular weight is 407 g/mol. The van der Waals surface area contributed by atoms with E-state index in [9.17, 15) is 13.2 Å². The fraction of sp³-hybridized carbons (Fsp3) is 0.0476. The predicted molar refractivity (Wildman–Crippen MR) is 110 cm³/mol. The first kappa shape index (κ1) is 18.7. The third kappa shape index (κ3) is 3.70. The lowest BCUT2D eigenvalue weighted by molar-refractivity contribution is 0.0697. The summed E-state index contributed by atoms with van der Waals surface area (Å²) in [5.74, 6) is -0.422. The number of aromatic carboxylic acids is 1. The molecule has 0 aliphatic rings. The molecule has 0 bridgehead atoms. The first-order valence-electron chi connectivity index (χ1n) is 8.71. The van der Waals surface area contributed by atoms with Gasteiger partial charge in [0, 0.05) is 23.7 Å². The molecular weight excluding hydrogens is 390 g/mol. The molecule has 0 atom stereocenters. The first-order chi connectivity index (χ1) is 13.8. The third-order valence-corrected chi connectivity index (χ3v) is 5.56. The van der Waals surface area contributed by atoms with Gasteiger partial charge in [-0.1, -0.05) is 30.3 Å². The molecule has 0 aliphatic heterocycles. The van der Waals surface area contributed by atoms with Crippen molar-refractivity contribution in [3.63, 3.8) is 0 Å². The molecule has 0 unspecified atom stereocenters. The van der Waals surface area contributed by atoms with Crippen molar-refractivity contribution in [2.24, 2.45) is 0 Å². The van der Waals surface area contributed by atoms with Crippen molar-refractivity contribution in [3.8, 4) is 11.3 Å². The maximum absolute atomic E-state index is 12.0. The van der Waals surface area contributed by atoms with Crippen molar-refractivity contribution in [3.05, 3.63) is 78.5 Å². The summed E-state index contributed by atoms with van der Waals surface area (Å²) in [6.45, 7) is 0. The highest BCUT2D eigenvalue weighted by atomic mass is 32.2. The summed E-state index contributed by atoms with van der Waals surface area (Å²) in [4.78, 5) is 15.9. The van der Waals surface area contributed by atoms with E-state index in [2.05, 4.69) is 10.3 Å². The van der Waals surface area contributed by atoms with E-state index < -0.39 is 15.8 Å². The average Bonchev–Trinajstić information content (AvgIpc) is 3.06. The van der Waals surface area contributed by atoms with Crippen LogP contribution in [-0.4, -0.2) is 35.1 Å². The lowest BCUT2D eigenvalue weighted by atomic mass is 10.1. The molecule has 0 aliphatic carbocycles. The number of pyridine rings is 1. The zero-order valence-electron chi connectivity index (χ0n) is 15.4. The molecule has 2 aromatic heterocycles. The maximum atomic E-state index is 12.0. The molecule has 2 heterocycles. The molecule has 0 saturated heterocycles. The minimum atomic E-state index is -3.40. The van der Waals surface area contributed by atoms with Crippen molar-refractivity contribution >= 4 is 33.0 Å². The van der Waals surface area contributed by atoms with Gasteiger partial charge in [-0.2, -0.15) is 0 Å². The van der Waals surface area contributed by atoms with E-state index in [4.69, 9.17) is 5.11 Å². The smallest absolute Gasteiger partial charge is 0.335 e. The van der Waals surface area contributed by atoms with Crippen molar-refractivity contribution in [1.29, 1.82) is 0 Å². The van der Waals surface area contributed by atoms with Crippen LogP contribution < -0.4 is 5.32 Å². The van der Waals surface area contributed by atoms with E-state index in [1.165, 1.54) is 24.4 Å². The Morgan fingerprint density at radius 3 is 2.31 bits per heavy atom. The molecule has 0 radical (unpaired) electrons. The van der Waals surface area contributed by atoms with Gasteiger partial charge in [-0.25, -0.2) is 18.2 Å². The first-order valence-corrected chi connectivity index (χ1v) is 10.6. The molecule has 0 spiro atoms. The van der Waals surface area contributed by atoms with Crippen molar-refractivity contribution in [2.75, 3.05) is 11.6 Å². The molecule has 4 rings (SSSR count). The number of imidazole rings is 1. The molecule has 7 nitrogen and oxygen atoms in total. The van der Waals surface area contributed by atoms with E-state index in [0.717, 1.165) is 11.8 Å². The fourth-order valence-corrected chi connectivity index (χ4v) is 3.61. The second-order valence-electron chi connectivity index (χ2n) is 6.55. The molecule has 8 heteroatoms. The number of nitrogens with zero attached hydrogens (tertiary/aromatic N) is 2. The number of sulfone groups is 1. The highest BCUT2D eigenvalue weighted by molar-refractivity contribution is 7.90. The SMILES string of the molecule is CS(=O)(=O)c1ccc2nc(-c3ccccc3)c(Nc3ccc(C(=O)O)cc3)n2c1. The molecule has 0 saturated carbocycles. The Morgan fingerprint density at radius 1 is 1.00 bits per heavy atom. The van der Waals surface area contributed by atoms with Crippen LogP contribution in [0.25, 0.3) is 16.9 Å². The summed E-state index contributed by atoms with van der Waals surface area (Å²) in [5.41, 5.74) is 2.93. The maximum Gasteiger partial charge on any atom is 0.335 e. The number of fused-ring (bicyclic) bond motifs is 1. The topological polar surface area (TPSA) is 101 Å². The number of rotatable bonds is 5. The van der Waals surface area contributed by atoms with Gasteiger partial charge in [-0.15, -0.1) is 0 Å². The minimum Gasteiger partial charge on any atom is -0.478 e. The second kappa shape index (κ2) is 7.06. The Balaban J connectivity index is 1.89. The molecule has 146 valence electrons. The third-order valence-electron chi connectivity index (χ3n) is 4.46. The zero-order valence-corrected chi connectivity index (χ0v) is 16.2. The van der Waals surface area contributed by atoms with Crippen LogP contribution in [0.15, 0.2) is 77.8 Å². The van der Waals surface area contributed by atoms with Crippen LogP contribution in [0.3, 0.4) is 0 Å². The second-order valence-corrected chi connectivity index (χ2v) is 8.56. The Hall–Kier alpha value is -3.65. The van der Waals surface area contributed by atoms with Crippen molar-refractivity contribution in [2.45, 2.75) is 4.90 Å². The van der Waals surface area contributed by atoms with E-state index >= 15 is 0 Å². The van der Waals surface area contributed by atoms with Gasteiger partial charge in [0.25, 0.3) is 0 Å². The lowest BCUT2D eigenvalue weighted by Gasteiger charge is -2.10. The molecule has 0 fully saturated rings. The highest BCUT2D eigenvalue weighted by Gasteiger charge is 2.17. The number of carboxylic acid groups (broad SMARTS) is 1. The van der Waals surface area contributed by atoms with Gasteiger partial charge < -0.3 is 10.4 Å². The standard InChI is InChI=1S/C21H17N3O4S/c1-29(27,28)17-11-12-18-23-19(14-5-3-2-4-6-14)20(24(18)13-17)22-16-9-7-15(8-10-16)21(25)26/h2-13,22H,1H3,(H,25,26). The van der Waals surface area contributed by atoms with Crippen molar-refractivity contribution in [1.82, 2.24) is 9.38 Å². The van der Waals surface area contributed by atoms with Crippen LogP contribution in [0.2, 0.25) is 0 Å². The molecule has 2 aromatic carbocycles. The number of carbonyl (C=O) groups is 1. The molecule has 2 N–H and O–H groups in total. The predicted octanol–water partition coefficient (Wildman–Crippen LogP) is 3.85. The summed E-state index contributed by atoms with van der Waals surface area (Å²) in [7, 11) is -3.40. The van der Waals surface area contributed by atoms with E-state index in [0.29, 0.717) is 22.8 Å². The summed E-state index contributed by atoms with van der Waals surface area (Å²) in [5, 5.41) is 12.3. The summed E-state index contributed by atoms with van der Waals surface area (Å²) >= 11 is 0. The fourth-order valence-electron chi connectivity index (χ4n) is 2.99. The lowest BCUT2D eigenvalue weighted by Crippen LogP contribution is -2.02. The van der Waals surface area contributed by atoms with E-state index in [-0.39, 0.29) is 10.5 Å². The van der Waals surface area contributed by atoms with Crippen LogP contribution in [-0.2, 0) is 9.84 Å². The van der Waals surface area contributed by atoms with Crippen LogP contribution in [0.4, 0.5) is 11.5 Å². The van der Waals surface area contributed by atoms with Crippen LogP contribution in [0, 0.1) is 0 Å². The Kier molecular flexibility index (Phi) is 4.56. The Labute approximate surface area is 167 Å². The number of hydrogen-bond donors (Lipinski definition) is 2. The zero-order chi connectivity index (χ0) is 20.6. The minimum absolute atomic E-state index is 0.172.